The van der Waals surface area contributed by atoms with Crippen LogP contribution in [0.1, 0.15) is 22.5 Å². The molecule has 48 heavy (non-hydrogen) atoms. The lowest BCUT2D eigenvalue weighted by Gasteiger charge is -2.17. The Morgan fingerprint density at radius 3 is 1.17 bits per heavy atom. The van der Waals surface area contributed by atoms with Gasteiger partial charge in [0.25, 0.3) is 0 Å². The number of nitrogens with zero attached hydrogens (tertiary/aromatic N) is 4. The first-order valence-electron chi connectivity index (χ1n) is 16.1. The van der Waals surface area contributed by atoms with Crippen molar-refractivity contribution in [2.45, 2.75) is 0 Å². The maximum atomic E-state index is 5.25. The molecule has 0 atom stereocenters. The molecular weight excluding hydrogens is 585 g/mol. The summed E-state index contributed by atoms with van der Waals surface area (Å²) in [6, 6.07) is 54.9. The molecule has 0 amide bonds. The van der Waals surface area contributed by atoms with Crippen LogP contribution in [0.15, 0.2) is 180 Å². The van der Waals surface area contributed by atoms with Crippen LogP contribution < -0.4 is 0 Å². The second kappa shape index (κ2) is 11.7. The van der Waals surface area contributed by atoms with Gasteiger partial charge in [0.15, 0.2) is 0 Å². The predicted octanol–water partition coefficient (Wildman–Crippen LogP) is 10.8. The fraction of sp³-hybridized carbons (Fsp3) is 0. The smallest absolute Gasteiger partial charge is 0.115 e. The lowest BCUT2D eigenvalue weighted by molar-refractivity contribution is 1.22. The SMILES string of the molecule is c1cnc2c(c1)N=C(c1ccc(-c3cccc4ccccc34)cc1)c1ncccc1N=C2c1ccc(-c2cccc3ccccc23)cc1. The van der Waals surface area contributed by atoms with Gasteiger partial charge < -0.3 is 0 Å². The van der Waals surface area contributed by atoms with Gasteiger partial charge in [-0.05, 0) is 68.1 Å². The number of pyridine rings is 2. The summed E-state index contributed by atoms with van der Waals surface area (Å²) < 4.78 is 0. The van der Waals surface area contributed by atoms with Gasteiger partial charge in [-0.25, -0.2) is 9.98 Å². The summed E-state index contributed by atoms with van der Waals surface area (Å²) in [5.74, 6) is 0. The van der Waals surface area contributed by atoms with Gasteiger partial charge in [-0.1, -0.05) is 133 Å². The maximum absolute atomic E-state index is 5.25. The number of rotatable bonds is 4. The van der Waals surface area contributed by atoms with Gasteiger partial charge in [0.05, 0.1) is 22.8 Å². The first kappa shape index (κ1) is 27.8. The first-order chi connectivity index (χ1) is 23.8. The molecule has 1 aliphatic heterocycles. The fourth-order valence-corrected chi connectivity index (χ4v) is 6.66. The van der Waals surface area contributed by atoms with Crippen molar-refractivity contribution in [3.63, 3.8) is 0 Å². The molecule has 0 bridgehead atoms. The van der Waals surface area contributed by atoms with E-state index in [1.165, 1.54) is 32.7 Å². The van der Waals surface area contributed by atoms with Gasteiger partial charge in [0, 0.05) is 23.5 Å². The third kappa shape index (κ3) is 4.88. The molecule has 4 nitrogen and oxygen atoms in total. The van der Waals surface area contributed by atoms with E-state index in [0.29, 0.717) is 0 Å². The molecule has 1 aliphatic rings. The van der Waals surface area contributed by atoms with Crippen LogP contribution in [0.5, 0.6) is 0 Å². The number of aromatic nitrogens is 2. The van der Waals surface area contributed by atoms with Crippen molar-refractivity contribution in [2.75, 3.05) is 0 Å². The summed E-state index contributed by atoms with van der Waals surface area (Å²) in [5, 5.41) is 4.91. The van der Waals surface area contributed by atoms with Crippen LogP contribution in [-0.2, 0) is 0 Å². The van der Waals surface area contributed by atoms with Crippen molar-refractivity contribution < 1.29 is 0 Å². The van der Waals surface area contributed by atoms with E-state index < -0.39 is 0 Å². The standard InChI is InChI=1S/C44H28N4/c1-3-13-35-29(9-1)11-5-15-37(35)31-19-23-33(24-20-31)41-43-39(17-7-27-45-43)48-42(44-40(47-41)18-8-28-46-44)34-25-21-32(22-26-34)38-16-6-12-30-10-2-4-14-36(30)38/h1-28H. The highest BCUT2D eigenvalue weighted by molar-refractivity contribution is 6.21. The Balaban J connectivity index is 1.14. The highest BCUT2D eigenvalue weighted by atomic mass is 14.9. The van der Waals surface area contributed by atoms with Crippen molar-refractivity contribution in [1.29, 1.82) is 0 Å². The zero-order valence-electron chi connectivity index (χ0n) is 26.0. The topological polar surface area (TPSA) is 50.5 Å². The molecule has 0 radical (unpaired) electrons. The van der Waals surface area contributed by atoms with Gasteiger partial charge in [-0.15, -0.1) is 0 Å². The lowest BCUT2D eigenvalue weighted by atomic mass is 9.95. The minimum absolute atomic E-state index is 0.731. The van der Waals surface area contributed by atoms with Crippen LogP contribution in [0.2, 0.25) is 0 Å². The molecule has 2 aromatic heterocycles. The van der Waals surface area contributed by atoms with Gasteiger partial charge >= 0.3 is 0 Å². The molecule has 3 heterocycles. The second-order valence-electron chi connectivity index (χ2n) is 11.9. The Hall–Kier alpha value is -6.52. The molecule has 4 heteroatoms. The maximum Gasteiger partial charge on any atom is 0.115 e. The summed E-state index contributed by atoms with van der Waals surface area (Å²) in [6.45, 7) is 0. The van der Waals surface area contributed by atoms with Crippen LogP contribution >= 0.6 is 0 Å². The largest absolute Gasteiger partial charge is 0.252 e. The molecule has 0 N–H and O–H groups in total. The van der Waals surface area contributed by atoms with E-state index in [2.05, 4.69) is 133 Å². The molecule has 0 aliphatic carbocycles. The third-order valence-electron chi connectivity index (χ3n) is 9.00. The molecule has 224 valence electrons. The Bertz CT molecular complexity index is 2350. The summed E-state index contributed by atoms with van der Waals surface area (Å²) in [6.07, 6.45) is 3.61. The highest BCUT2D eigenvalue weighted by Gasteiger charge is 2.22. The monoisotopic (exact) mass is 612 g/mol. The number of fused-ring (bicyclic) bond motifs is 4. The van der Waals surface area contributed by atoms with Crippen LogP contribution in [-0.4, -0.2) is 21.4 Å². The molecule has 0 spiro atoms. The van der Waals surface area contributed by atoms with E-state index >= 15 is 0 Å². The van der Waals surface area contributed by atoms with Crippen LogP contribution in [0.25, 0.3) is 43.8 Å². The molecule has 0 unspecified atom stereocenters. The van der Waals surface area contributed by atoms with E-state index in [9.17, 15) is 0 Å². The lowest BCUT2D eigenvalue weighted by Crippen LogP contribution is -2.12. The quantitative estimate of drug-likeness (QED) is 0.199. The highest BCUT2D eigenvalue weighted by Crippen LogP contribution is 2.34. The number of hydrogen-bond acceptors (Lipinski definition) is 4. The Kier molecular flexibility index (Phi) is 6.76. The zero-order chi connectivity index (χ0) is 31.9. The predicted molar refractivity (Wildman–Crippen MR) is 198 cm³/mol. The summed E-state index contributed by atoms with van der Waals surface area (Å²) >= 11 is 0. The van der Waals surface area contributed by atoms with Gasteiger partial charge in [0.2, 0.25) is 0 Å². The average Bonchev–Trinajstić information content (AvgIpc) is 3.15. The summed E-state index contributed by atoms with van der Waals surface area (Å²) in [4.78, 5) is 20.1. The van der Waals surface area contributed by atoms with Crippen molar-refractivity contribution in [2.24, 2.45) is 9.98 Å². The van der Waals surface area contributed by atoms with E-state index in [1.807, 2.05) is 24.3 Å². The van der Waals surface area contributed by atoms with Crippen molar-refractivity contribution >= 4 is 44.3 Å². The first-order valence-corrected chi connectivity index (χ1v) is 16.1. The Morgan fingerprint density at radius 2 is 0.708 bits per heavy atom. The van der Waals surface area contributed by atoms with Crippen LogP contribution in [0, 0.1) is 0 Å². The van der Waals surface area contributed by atoms with Gasteiger partial charge in [-0.3, -0.25) is 9.97 Å². The van der Waals surface area contributed by atoms with Crippen molar-refractivity contribution in [3.8, 4) is 22.3 Å². The van der Waals surface area contributed by atoms with Crippen LogP contribution in [0.3, 0.4) is 0 Å². The van der Waals surface area contributed by atoms with E-state index in [4.69, 9.17) is 20.0 Å². The molecule has 8 aromatic rings. The molecule has 0 saturated carbocycles. The molecule has 0 saturated heterocycles. The van der Waals surface area contributed by atoms with Crippen molar-refractivity contribution in [1.82, 2.24) is 9.97 Å². The average molecular weight is 613 g/mol. The molecule has 9 rings (SSSR count). The second-order valence-corrected chi connectivity index (χ2v) is 11.9. The molecule has 0 fully saturated rings. The minimum Gasteiger partial charge on any atom is -0.252 e. The summed E-state index contributed by atoms with van der Waals surface area (Å²) in [7, 11) is 0. The zero-order valence-corrected chi connectivity index (χ0v) is 26.0. The number of hydrogen-bond donors (Lipinski definition) is 0. The summed E-state index contributed by atoms with van der Waals surface area (Å²) in [5.41, 5.74) is 11.1. The molecular formula is C44H28N4. The minimum atomic E-state index is 0.731. The van der Waals surface area contributed by atoms with Gasteiger partial charge in [0.1, 0.15) is 11.4 Å². The van der Waals surface area contributed by atoms with E-state index in [-0.39, 0.29) is 0 Å². The Labute approximate surface area is 278 Å². The van der Waals surface area contributed by atoms with Crippen LogP contribution in [0.4, 0.5) is 11.4 Å². The normalized spacial score (nSPS) is 12.4. The molecule has 6 aromatic carbocycles. The number of aliphatic imine (C=N–C) groups is 2. The third-order valence-corrected chi connectivity index (χ3v) is 9.00. The fourth-order valence-electron chi connectivity index (χ4n) is 6.66. The van der Waals surface area contributed by atoms with E-state index in [0.717, 1.165) is 56.4 Å². The van der Waals surface area contributed by atoms with Gasteiger partial charge in [-0.2, -0.15) is 0 Å². The Morgan fingerprint density at radius 1 is 0.312 bits per heavy atom. The number of benzene rings is 6. The van der Waals surface area contributed by atoms with Crippen molar-refractivity contribution in [3.05, 3.63) is 193 Å². The van der Waals surface area contributed by atoms with E-state index in [1.54, 1.807) is 12.4 Å².